The van der Waals surface area contributed by atoms with Crippen LogP contribution >= 0.6 is 0 Å². The summed E-state index contributed by atoms with van der Waals surface area (Å²) in [5, 5.41) is 5.01. The van der Waals surface area contributed by atoms with Gasteiger partial charge in [-0.3, -0.25) is 0 Å². The van der Waals surface area contributed by atoms with Gasteiger partial charge in [0.25, 0.3) is 0 Å². The normalized spacial score (nSPS) is 13.0. The standard InChI is InChI=1S/C47H35N/c1-47(2)44-30-38(37-21-20-32-12-6-8-16-35(32)28-37)23-26-42(44)43-27-25-40(31-45(43)47)48(39-24-22-33-13-7-9-17-36(33)29-39)46-19-11-10-18-41(46)34-14-4-3-5-15-34/h3-31H,1-2H3. The molecule has 48 heavy (non-hydrogen) atoms. The van der Waals surface area contributed by atoms with Gasteiger partial charge in [-0.1, -0.05) is 147 Å². The van der Waals surface area contributed by atoms with Gasteiger partial charge in [0.1, 0.15) is 0 Å². The SMILES string of the molecule is CC1(C)c2cc(-c3ccc4ccccc4c3)ccc2-c2ccc(N(c3ccc4ccccc4c3)c3ccccc3-c3ccccc3)cc21. The fourth-order valence-corrected chi connectivity index (χ4v) is 7.69. The Labute approximate surface area is 282 Å². The van der Waals surface area contributed by atoms with E-state index in [0.29, 0.717) is 0 Å². The molecular formula is C47H35N. The summed E-state index contributed by atoms with van der Waals surface area (Å²) < 4.78 is 0. The summed E-state index contributed by atoms with van der Waals surface area (Å²) in [6, 6.07) is 64.5. The Morgan fingerprint density at radius 2 is 0.875 bits per heavy atom. The molecule has 0 amide bonds. The van der Waals surface area contributed by atoms with Crippen molar-refractivity contribution < 1.29 is 0 Å². The van der Waals surface area contributed by atoms with Gasteiger partial charge in [0, 0.05) is 22.4 Å². The van der Waals surface area contributed by atoms with Crippen LogP contribution in [0.3, 0.4) is 0 Å². The van der Waals surface area contributed by atoms with E-state index >= 15 is 0 Å². The molecule has 1 aliphatic carbocycles. The summed E-state index contributed by atoms with van der Waals surface area (Å²) in [4.78, 5) is 2.44. The maximum atomic E-state index is 2.44. The molecule has 8 aromatic carbocycles. The van der Waals surface area contributed by atoms with Gasteiger partial charge in [-0.15, -0.1) is 0 Å². The highest BCUT2D eigenvalue weighted by Crippen LogP contribution is 2.52. The Morgan fingerprint density at radius 1 is 0.354 bits per heavy atom. The molecule has 0 atom stereocenters. The molecule has 0 heterocycles. The summed E-state index contributed by atoms with van der Waals surface area (Å²) in [6.07, 6.45) is 0. The van der Waals surface area contributed by atoms with Crippen LogP contribution in [-0.2, 0) is 5.41 Å². The van der Waals surface area contributed by atoms with Gasteiger partial charge < -0.3 is 4.90 Å². The molecule has 0 radical (unpaired) electrons. The maximum absolute atomic E-state index is 2.44. The van der Waals surface area contributed by atoms with Crippen molar-refractivity contribution in [3.63, 3.8) is 0 Å². The van der Waals surface area contributed by atoms with Crippen LogP contribution in [0.25, 0.3) is 54.9 Å². The van der Waals surface area contributed by atoms with Crippen LogP contribution in [0.1, 0.15) is 25.0 Å². The quantitative estimate of drug-likeness (QED) is 0.187. The minimum absolute atomic E-state index is 0.165. The van der Waals surface area contributed by atoms with Crippen LogP contribution in [0.2, 0.25) is 0 Å². The lowest BCUT2D eigenvalue weighted by molar-refractivity contribution is 0.660. The second-order valence-electron chi connectivity index (χ2n) is 13.4. The van der Waals surface area contributed by atoms with Crippen molar-refractivity contribution in [2.45, 2.75) is 19.3 Å². The largest absolute Gasteiger partial charge is 0.310 e. The molecule has 1 nitrogen and oxygen atoms in total. The zero-order valence-electron chi connectivity index (χ0n) is 27.2. The Hall–Kier alpha value is -5.92. The maximum Gasteiger partial charge on any atom is 0.0540 e. The zero-order chi connectivity index (χ0) is 32.2. The van der Waals surface area contributed by atoms with E-state index < -0.39 is 0 Å². The van der Waals surface area contributed by atoms with Gasteiger partial charge in [-0.25, -0.2) is 0 Å². The average molecular weight is 614 g/mol. The van der Waals surface area contributed by atoms with E-state index in [0.717, 1.165) is 17.1 Å². The van der Waals surface area contributed by atoms with E-state index in [1.807, 2.05) is 0 Å². The fourth-order valence-electron chi connectivity index (χ4n) is 7.69. The molecule has 9 rings (SSSR count). The molecule has 1 heteroatoms. The van der Waals surface area contributed by atoms with Crippen LogP contribution in [0.15, 0.2) is 176 Å². The number of anilines is 3. The van der Waals surface area contributed by atoms with Gasteiger partial charge in [-0.05, 0) is 103 Å². The van der Waals surface area contributed by atoms with Crippen LogP contribution in [0.5, 0.6) is 0 Å². The molecule has 0 fully saturated rings. The molecule has 0 unspecified atom stereocenters. The van der Waals surface area contributed by atoms with Crippen molar-refractivity contribution >= 4 is 38.6 Å². The highest BCUT2D eigenvalue weighted by molar-refractivity contribution is 5.95. The van der Waals surface area contributed by atoms with E-state index in [-0.39, 0.29) is 5.41 Å². The highest BCUT2D eigenvalue weighted by Gasteiger charge is 2.36. The first kappa shape index (κ1) is 28.3. The van der Waals surface area contributed by atoms with E-state index in [1.54, 1.807) is 0 Å². The molecule has 1 aliphatic rings. The van der Waals surface area contributed by atoms with Crippen molar-refractivity contribution in [1.29, 1.82) is 0 Å². The molecular weight excluding hydrogens is 579 g/mol. The average Bonchev–Trinajstić information content (AvgIpc) is 3.37. The number of rotatable bonds is 5. The van der Waals surface area contributed by atoms with E-state index in [4.69, 9.17) is 0 Å². The van der Waals surface area contributed by atoms with Crippen LogP contribution in [0, 0.1) is 0 Å². The van der Waals surface area contributed by atoms with Crippen molar-refractivity contribution in [3.8, 4) is 33.4 Å². The van der Waals surface area contributed by atoms with Crippen molar-refractivity contribution in [1.82, 2.24) is 0 Å². The Kier molecular flexibility index (Phi) is 6.55. The van der Waals surface area contributed by atoms with Gasteiger partial charge in [-0.2, -0.15) is 0 Å². The second-order valence-corrected chi connectivity index (χ2v) is 13.4. The molecule has 0 saturated heterocycles. The van der Waals surface area contributed by atoms with Crippen LogP contribution < -0.4 is 4.90 Å². The molecule has 0 bridgehead atoms. The number of hydrogen-bond acceptors (Lipinski definition) is 1. The predicted octanol–water partition coefficient (Wildman–Crippen LogP) is 13.1. The van der Waals surface area contributed by atoms with E-state index in [2.05, 4.69) is 195 Å². The number of fused-ring (bicyclic) bond motifs is 5. The molecule has 0 N–H and O–H groups in total. The van der Waals surface area contributed by atoms with Crippen LogP contribution in [0.4, 0.5) is 17.1 Å². The predicted molar refractivity (Wildman–Crippen MR) is 205 cm³/mol. The number of hydrogen-bond donors (Lipinski definition) is 0. The second kappa shape index (κ2) is 11.1. The Balaban J connectivity index is 1.19. The molecule has 8 aromatic rings. The first-order valence-electron chi connectivity index (χ1n) is 16.8. The van der Waals surface area contributed by atoms with Crippen LogP contribution in [-0.4, -0.2) is 0 Å². The third kappa shape index (κ3) is 4.62. The van der Waals surface area contributed by atoms with Gasteiger partial charge in [0.15, 0.2) is 0 Å². The number of benzene rings is 8. The van der Waals surface area contributed by atoms with Crippen molar-refractivity contribution in [3.05, 3.63) is 187 Å². The number of nitrogens with zero attached hydrogens (tertiary/aromatic N) is 1. The van der Waals surface area contributed by atoms with Crippen molar-refractivity contribution in [2.24, 2.45) is 0 Å². The van der Waals surface area contributed by atoms with Gasteiger partial charge >= 0.3 is 0 Å². The Morgan fingerprint density at radius 3 is 1.65 bits per heavy atom. The summed E-state index contributed by atoms with van der Waals surface area (Å²) in [6.45, 7) is 4.76. The summed E-state index contributed by atoms with van der Waals surface area (Å²) in [5.74, 6) is 0. The summed E-state index contributed by atoms with van der Waals surface area (Å²) >= 11 is 0. The van der Waals surface area contributed by atoms with E-state index in [9.17, 15) is 0 Å². The number of para-hydroxylation sites is 1. The smallest absolute Gasteiger partial charge is 0.0540 e. The summed E-state index contributed by atoms with van der Waals surface area (Å²) in [5.41, 5.74) is 13.6. The molecule has 0 aromatic heterocycles. The van der Waals surface area contributed by atoms with Crippen molar-refractivity contribution in [2.75, 3.05) is 4.90 Å². The van der Waals surface area contributed by atoms with Gasteiger partial charge in [0.2, 0.25) is 0 Å². The molecule has 0 spiro atoms. The monoisotopic (exact) mass is 613 g/mol. The molecule has 228 valence electrons. The topological polar surface area (TPSA) is 3.24 Å². The third-order valence-electron chi connectivity index (χ3n) is 10.2. The minimum Gasteiger partial charge on any atom is -0.310 e. The minimum atomic E-state index is -0.165. The lowest BCUT2D eigenvalue weighted by Crippen LogP contribution is -2.17. The lowest BCUT2D eigenvalue weighted by atomic mass is 9.81. The first-order chi connectivity index (χ1) is 23.5. The fraction of sp³-hybridized carbons (Fsp3) is 0.0638. The summed E-state index contributed by atoms with van der Waals surface area (Å²) in [7, 11) is 0. The third-order valence-corrected chi connectivity index (χ3v) is 10.2. The zero-order valence-corrected chi connectivity index (χ0v) is 27.2. The highest BCUT2D eigenvalue weighted by atomic mass is 15.1. The van der Waals surface area contributed by atoms with Gasteiger partial charge in [0.05, 0.1) is 5.69 Å². The lowest BCUT2D eigenvalue weighted by Gasteiger charge is -2.30. The molecule has 0 saturated carbocycles. The van der Waals surface area contributed by atoms with E-state index in [1.165, 1.54) is 66.1 Å². The first-order valence-corrected chi connectivity index (χ1v) is 16.8. The Bertz CT molecular complexity index is 2490. The molecule has 0 aliphatic heterocycles.